The van der Waals surface area contributed by atoms with Crippen LogP contribution in [0.3, 0.4) is 0 Å². The highest BCUT2D eigenvalue weighted by atomic mass is 35.5. The molecule has 40 heavy (non-hydrogen) atoms. The Morgan fingerprint density at radius 1 is 1.10 bits per heavy atom. The summed E-state index contributed by atoms with van der Waals surface area (Å²) >= 11 is 6.04. The van der Waals surface area contributed by atoms with Gasteiger partial charge in [-0.05, 0) is 62.7 Å². The molecule has 0 unspecified atom stereocenters. The minimum Gasteiger partial charge on any atom is -0.453 e. The highest BCUT2D eigenvalue weighted by Gasteiger charge is 2.23. The number of fused-ring (bicyclic) bond motifs is 2. The lowest BCUT2D eigenvalue weighted by Crippen LogP contribution is -2.42. The Kier molecular flexibility index (Phi) is 7.08. The number of nitrogens with zero attached hydrogens (tertiary/aromatic N) is 5. The summed E-state index contributed by atoms with van der Waals surface area (Å²) in [7, 11) is 1.89. The summed E-state index contributed by atoms with van der Waals surface area (Å²) in [6.45, 7) is 6.99. The number of hydrogen-bond acceptors (Lipinski definition) is 6. The third kappa shape index (κ3) is 5.22. The summed E-state index contributed by atoms with van der Waals surface area (Å²) in [5, 5.41) is 12.9. The topological polar surface area (TPSA) is 88.7 Å². The Hall–Kier alpha value is -4.08. The Morgan fingerprint density at radius 3 is 2.62 bits per heavy atom. The minimum atomic E-state index is -0.241. The molecule has 2 N–H and O–H groups in total. The number of imidazole rings is 1. The molecule has 6 rings (SSSR count). The zero-order valence-electron chi connectivity index (χ0n) is 22.8. The third-order valence-electron chi connectivity index (χ3n) is 7.28. The lowest BCUT2D eigenvalue weighted by Gasteiger charge is -2.34. The second kappa shape index (κ2) is 10.8. The van der Waals surface area contributed by atoms with Crippen LogP contribution in [0.4, 0.5) is 11.4 Å². The van der Waals surface area contributed by atoms with E-state index in [0.29, 0.717) is 45.0 Å². The molecule has 1 fully saturated rings. The average molecular weight is 558 g/mol. The number of halogens is 1. The van der Waals surface area contributed by atoms with Gasteiger partial charge in [-0.3, -0.25) is 9.48 Å². The quantitative estimate of drug-likeness (QED) is 0.263. The predicted molar refractivity (Wildman–Crippen MR) is 159 cm³/mol. The van der Waals surface area contributed by atoms with Gasteiger partial charge in [0.2, 0.25) is 0 Å². The maximum atomic E-state index is 13.6. The summed E-state index contributed by atoms with van der Waals surface area (Å²) < 4.78 is 9.77. The number of nitrogens with one attached hydrogen (secondary N) is 2. The molecule has 0 atom stereocenters. The maximum Gasteiger partial charge on any atom is 0.257 e. The van der Waals surface area contributed by atoms with E-state index in [1.165, 1.54) is 0 Å². The van der Waals surface area contributed by atoms with Gasteiger partial charge in [-0.25, -0.2) is 4.98 Å². The smallest absolute Gasteiger partial charge is 0.257 e. The van der Waals surface area contributed by atoms with E-state index in [2.05, 4.69) is 32.5 Å². The van der Waals surface area contributed by atoms with Crippen LogP contribution in [0.2, 0.25) is 5.02 Å². The van der Waals surface area contributed by atoms with Crippen molar-refractivity contribution in [2.24, 2.45) is 7.05 Å². The van der Waals surface area contributed by atoms with Crippen molar-refractivity contribution in [2.75, 3.05) is 29.9 Å². The number of aromatic nitrogens is 4. The molecule has 10 heteroatoms. The number of carbonyl (C=O) groups excluding carboxylic acids is 1. The zero-order valence-corrected chi connectivity index (χ0v) is 23.6. The number of pyridine rings is 1. The van der Waals surface area contributed by atoms with Crippen molar-refractivity contribution in [1.29, 1.82) is 0 Å². The molecule has 9 nitrogen and oxygen atoms in total. The van der Waals surface area contributed by atoms with Crippen molar-refractivity contribution in [3.05, 3.63) is 77.3 Å². The van der Waals surface area contributed by atoms with E-state index in [1.54, 1.807) is 35.0 Å². The number of ether oxygens (including phenoxy) is 1. The lowest BCUT2D eigenvalue weighted by atomic mass is 10.0. The summed E-state index contributed by atoms with van der Waals surface area (Å²) in [6.07, 6.45) is 7.91. The van der Waals surface area contributed by atoms with Crippen molar-refractivity contribution in [3.8, 4) is 11.5 Å². The van der Waals surface area contributed by atoms with Crippen molar-refractivity contribution >= 4 is 45.4 Å². The van der Waals surface area contributed by atoms with Crippen LogP contribution in [0.25, 0.3) is 16.6 Å². The molecule has 206 valence electrons. The van der Waals surface area contributed by atoms with Crippen molar-refractivity contribution < 1.29 is 9.53 Å². The molecule has 2 aromatic carbocycles. The molecule has 1 aliphatic rings. The highest BCUT2D eigenvalue weighted by molar-refractivity contribution is 6.30. The fourth-order valence-electron chi connectivity index (χ4n) is 5.44. The number of piperidine rings is 1. The number of amides is 1. The molecule has 0 radical (unpaired) electrons. The molecule has 0 bridgehead atoms. The molecule has 4 heterocycles. The Morgan fingerprint density at radius 2 is 1.88 bits per heavy atom. The van der Waals surface area contributed by atoms with Crippen molar-refractivity contribution in [3.63, 3.8) is 0 Å². The highest BCUT2D eigenvalue weighted by Crippen LogP contribution is 2.33. The van der Waals surface area contributed by atoms with Crippen LogP contribution in [-0.2, 0) is 7.05 Å². The summed E-state index contributed by atoms with van der Waals surface area (Å²) in [5.41, 5.74) is 4.39. The van der Waals surface area contributed by atoms with Crippen LogP contribution < -0.4 is 20.3 Å². The molecule has 3 aromatic heterocycles. The lowest BCUT2D eigenvalue weighted by molar-refractivity contribution is 0.102. The second-order valence-corrected chi connectivity index (χ2v) is 10.7. The van der Waals surface area contributed by atoms with E-state index in [1.807, 2.05) is 49.1 Å². The first-order chi connectivity index (χ1) is 19.4. The van der Waals surface area contributed by atoms with Crippen LogP contribution in [0.1, 0.15) is 35.8 Å². The van der Waals surface area contributed by atoms with E-state index in [0.717, 1.165) is 49.2 Å². The Bertz CT molecular complexity index is 1680. The van der Waals surface area contributed by atoms with Gasteiger partial charge in [0.25, 0.3) is 5.91 Å². The van der Waals surface area contributed by atoms with Gasteiger partial charge in [-0.2, -0.15) is 5.10 Å². The van der Waals surface area contributed by atoms with Gasteiger partial charge in [-0.1, -0.05) is 18.5 Å². The second-order valence-electron chi connectivity index (χ2n) is 10.2. The van der Waals surface area contributed by atoms with Gasteiger partial charge in [0.05, 0.1) is 16.9 Å². The van der Waals surface area contributed by atoms with Gasteiger partial charge < -0.3 is 24.7 Å². The van der Waals surface area contributed by atoms with Crippen LogP contribution >= 0.6 is 11.6 Å². The van der Waals surface area contributed by atoms with Gasteiger partial charge in [-0.15, -0.1) is 0 Å². The fourth-order valence-corrected chi connectivity index (χ4v) is 5.57. The molecule has 0 spiro atoms. The number of benzene rings is 2. The van der Waals surface area contributed by atoms with E-state index >= 15 is 0 Å². The SMILES string of the molecule is CCNC1CCN(c2ccc(C(=O)Nc3cc(Oc4ccc(Cl)cc4)c4nc(C)cn4c3)c3nn(C)cc23)CC1. The number of anilines is 2. The molecule has 1 saturated heterocycles. The maximum absolute atomic E-state index is 13.6. The largest absolute Gasteiger partial charge is 0.453 e. The first kappa shape index (κ1) is 26.2. The third-order valence-corrected chi connectivity index (χ3v) is 7.53. The van der Waals surface area contributed by atoms with Crippen LogP contribution in [0, 0.1) is 6.92 Å². The normalized spacial score (nSPS) is 14.2. The molecule has 1 amide bonds. The van der Waals surface area contributed by atoms with Crippen molar-refractivity contribution in [2.45, 2.75) is 32.7 Å². The average Bonchev–Trinajstić information content (AvgIpc) is 3.51. The summed E-state index contributed by atoms with van der Waals surface area (Å²) in [4.78, 5) is 20.6. The minimum absolute atomic E-state index is 0.241. The number of carbonyl (C=O) groups is 1. The molecular weight excluding hydrogens is 526 g/mol. The van der Waals surface area contributed by atoms with Crippen LogP contribution in [-0.4, -0.2) is 50.7 Å². The summed E-state index contributed by atoms with van der Waals surface area (Å²) in [5.74, 6) is 0.901. The predicted octanol–water partition coefficient (Wildman–Crippen LogP) is 5.81. The first-order valence-corrected chi connectivity index (χ1v) is 13.9. The Labute approximate surface area is 237 Å². The monoisotopic (exact) mass is 557 g/mol. The van der Waals surface area contributed by atoms with Crippen molar-refractivity contribution in [1.82, 2.24) is 24.5 Å². The van der Waals surface area contributed by atoms with Gasteiger partial charge in [0, 0.05) is 66.9 Å². The number of hydrogen-bond donors (Lipinski definition) is 2. The first-order valence-electron chi connectivity index (χ1n) is 13.6. The molecule has 5 aromatic rings. The molecule has 1 aliphatic heterocycles. The number of aryl methyl sites for hydroxylation is 2. The number of rotatable bonds is 7. The van der Waals surface area contributed by atoms with Crippen LogP contribution in [0.5, 0.6) is 11.5 Å². The van der Waals surface area contributed by atoms with Gasteiger partial charge in [0.1, 0.15) is 11.3 Å². The van der Waals surface area contributed by atoms with Gasteiger partial charge >= 0.3 is 0 Å². The van der Waals surface area contributed by atoms with Gasteiger partial charge in [0.15, 0.2) is 11.4 Å². The molecular formula is C30H32ClN7O2. The van der Waals surface area contributed by atoms with E-state index in [9.17, 15) is 4.79 Å². The fraction of sp³-hybridized carbons (Fsp3) is 0.300. The van der Waals surface area contributed by atoms with E-state index in [4.69, 9.17) is 16.3 Å². The molecule has 0 saturated carbocycles. The van der Waals surface area contributed by atoms with E-state index < -0.39 is 0 Å². The standard InChI is InChI=1S/C30H32ClN7O2/c1-4-32-21-11-13-37(14-12-21)26-10-9-24(28-25(26)18-36(3)35-28)30(39)34-22-15-27(29-33-19(2)16-38(29)17-22)40-23-7-5-20(31)6-8-23/h5-10,15-18,21,32H,4,11-14H2,1-3H3,(H,34,39). The van der Waals surface area contributed by atoms with Crippen LogP contribution in [0.15, 0.2) is 61.1 Å². The summed E-state index contributed by atoms with van der Waals surface area (Å²) in [6, 6.07) is 13.4. The molecule has 0 aliphatic carbocycles. The zero-order chi connectivity index (χ0) is 27.8. The Balaban J connectivity index is 1.29. The van der Waals surface area contributed by atoms with E-state index in [-0.39, 0.29) is 5.91 Å².